The molecule has 0 aromatic heterocycles. The number of rotatable bonds is 5. The van der Waals surface area contributed by atoms with Gasteiger partial charge in [0.05, 0.1) is 17.1 Å². The highest BCUT2D eigenvalue weighted by Crippen LogP contribution is 2.43. The second kappa shape index (κ2) is 11.1. The van der Waals surface area contributed by atoms with Crippen molar-refractivity contribution < 1.29 is 14.0 Å². The van der Waals surface area contributed by atoms with Crippen molar-refractivity contribution in [2.45, 2.75) is 56.0 Å². The van der Waals surface area contributed by atoms with Gasteiger partial charge in [-0.25, -0.2) is 4.39 Å². The van der Waals surface area contributed by atoms with Crippen molar-refractivity contribution in [2.24, 2.45) is 0 Å². The average molecular weight is 501 g/mol. The second-order valence-electron chi connectivity index (χ2n) is 9.38. The highest BCUT2D eigenvalue weighted by Gasteiger charge is 2.30. The Labute approximate surface area is 215 Å². The van der Waals surface area contributed by atoms with Crippen LogP contribution in [0.25, 0.3) is 6.08 Å². The number of hydrogen-bond acceptors (Lipinski definition) is 3. The Morgan fingerprint density at radius 2 is 1.69 bits per heavy atom. The summed E-state index contributed by atoms with van der Waals surface area (Å²) in [5.74, 6) is -0.557. The van der Waals surface area contributed by atoms with E-state index >= 15 is 0 Å². The van der Waals surface area contributed by atoms with E-state index < -0.39 is 0 Å². The summed E-state index contributed by atoms with van der Waals surface area (Å²) in [5.41, 5.74) is 3.01. The van der Waals surface area contributed by atoms with Crippen molar-refractivity contribution >= 4 is 35.3 Å². The molecule has 5 rings (SSSR count). The molecular weight excluding hydrogens is 471 g/mol. The Hall–Kier alpha value is -3.38. The minimum absolute atomic E-state index is 0.102. The normalized spacial score (nSPS) is 17.5. The van der Waals surface area contributed by atoms with Gasteiger partial charge in [-0.1, -0.05) is 79.9 Å². The first-order valence-electron chi connectivity index (χ1n) is 12.5. The van der Waals surface area contributed by atoms with E-state index in [9.17, 15) is 14.0 Å². The molecule has 0 atom stereocenters. The highest BCUT2D eigenvalue weighted by molar-refractivity contribution is 8.04. The van der Waals surface area contributed by atoms with E-state index in [0.29, 0.717) is 16.2 Å². The van der Waals surface area contributed by atoms with Crippen LogP contribution in [0.3, 0.4) is 0 Å². The quantitative estimate of drug-likeness (QED) is 0.304. The van der Waals surface area contributed by atoms with Gasteiger partial charge in [0.15, 0.2) is 0 Å². The van der Waals surface area contributed by atoms with Gasteiger partial charge in [0.2, 0.25) is 0 Å². The molecule has 1 aliphatic carbocycles. The largest absolute Gasteiger partial charge is 0.349 e. The topological polar surface area (TPSA) is 49.4 Å². The third-order valence-corrected chi connectivity index (χ3v) is 7.81. The van der Waals surface area contributed by atoms with Crippen molar-refractivity contribution in [2.75, 3.05) is 4.90 Å². The fourth-order valence-corrected chi connectivity index (χ4v) is 5.81. The minimum atomic E-state index is -0.318. The van der Waals surface area contributed by atoms with E-state index in [1.807, 2.05) is 54.6 Å². The van der Waals surface area contributed by atoms with Gasteiger partial charge >= 0.3 is 0 Å². The van der Waals surface area contributed by atoms with E-state index in [4.69, 9.17) is 0 Å². The van der Waals surface area contributed by atoms with Gasteiger partial charge in [-0.05, 0) is 60.4 Å². The van der Waals surface area contributed by atoms with Crippen molar-refractivity contribution in [3.05, 3.63) is 100 Å². The van der Waals surface area contributed by atoms with Crippen LogP contribution >= 0.6 is 11.8 Å². The summed E-state index contributed by atoms with van der Waals surface area (Å²) in [6, 6.07) is 21.7. The maximum Gasteiger partial charge on any atom is 0.265 e. The molecule has 1 heterocycles. The standard InChI is InChI=1S/C30H29FN2O2S/c31-24-15-12-22(13-16-24)20-33-26-19-23(29(34)32-25-10-6-1-2-7-11-25)14-17-27(26)36-28(30(33)35)18-21-8-4-3-5-9-21/h3-5,8-9,12-19,25H,1-2,6-7,10-11,20H2,(H,32,34). The van der Waals surface area contributed by atoms with Crippen molar-refractivity contribution in [3.63, 3.8) is 0 Å². The molecule has 1 aliphatic heterocycles. The number of anilines is 1. The highest BCUT2D eigenvalue weighted by atomic mass is 32.2. The van der Waals surface area contributed by atoms with Gasteiger partial charge in [0, 0.05) is 16.5 Å². The fraction of sp³-hybridized carbons (Fsp3) is 0.267. The summed E-state index contributed by atoms with van der Waals surface area (Å²) in [5, 5.41) is 3.20. The minimum Gasteiger partial charge on any atom is -0.349 e. The molecule has 1 saturated carbocycles. The molecule has 6 heteroatoms. The lowest BCUT2D eigenvalue weighted by atomic mass is 10.1. The van der Waals surface area contributed by atoms with Crippen LogP contribution in [-0.2, 0) is 11.3 Å². The SMILES string of the molecule is O=C(NC1CCCCCC1)c1ccc2c(c1)N(Cc1ccc(F)cc1)C(=O)C(=Cc1ccccc1)S2. The summed E-state index contributed by atoms with van der Waals surface area (Å²) in [4.78, 5) is 30.0. The third kappa shape index (κ3) is 5.71. The molecule has 3 aromatic rings. The Morgan fingerprint density at radius 3 is 2.42 bits per heavy atom. The van der Waals surface area contributed by atoms with Gasteiger partial charge < -0.3 is 10.2 Å². The van der Waals surface area contributed by atoms with Crippen LogP contribution in [0.15, 0.2) is 82.6 Å². The number of benzene rings is 3. The van der Waals surface area contributed by atoms with Gasteiger partial charge in [-0.15, -0.1) is 0 Å². The van der Waals surface area contributed by atoms with Gasteiger partial charge in [-0.2, -0.15) is 0 Å². The molecule has 0 bridgehead atoms. The predicted octanol–water partition coefficient (Wildman–Crippen LogP) is 6.96. The number of hydrogen-bond donors (Lipinski definition) is 1. The summed E-state index contributed by atoms with van der Waals surface area (Å²) < 4.78 is 13.5. The fourth-order valence-electron chi connectivity index (χ4n) is 4.77. The van der Waals surface area contributed by atoms with Crippen molar-refractivity contribution in [3.8, 4) is 0 Å². The lowest BCUT2D eigenvalue weighted by molar-refractivity contribution is -0.114. The van der Waals surface area contributed by atoms with Crippen molar-refractivity contribution in [1.29, 1.82) is 0 Å². The van der Waals surface area contributed by atoms with Crippen LogP contribution in [0.2, 0.25) is 0 Å². The summed E-state index contributed by atoms with van der Waals surface area (Å²) >= 11 is 1.41. The lowest BCUT2D eigenvalue weighted by Crippen LogP contribution is -2.36. The molecule has 2 aliphatic rings. The maximum atomic E-state index is 13.7. The number of halogens is 1. The summed E-state index contributed by atoms with van der Waals surface area (Å²) in [6.07, 6.45) is 8.64. The third-order valence-electron chi connectivity index (χ3n) is 6.73. The molecule has 36 heavy (non-hydrogen) atoms. The molecule has 3 aromatic carbocycles. The molecular formula is C30H29FN2O2S. The maximum absolute atomic E-state index is 13.7. The molecule has 0 saturated heterocycles. The zero-order valence-corrected chi connectivity index (χ0v) is 20.9. The number of nitrogens with one attached hydrogen (secondary N) is 1. The lowest BCUT2D eigenvalue weighted by Gasteiger charge is -2.31. The van der Waals surface area contributed by atoms with Crippen LogP contribution in [0.4, 0.5) is 10.1 Å². The molecule has 0 spiro atoms. The number of carbonyl (C=O) groups excluding carboxylic acids is 2. The molecule has 2 amide bonds. The average Bonchev–Trinajstić information content (AvgIpc) is 3.16. The second-order valence-corrected chi connectivity index (χ2v) is 10.5. The smallest absolute Gasteiger partial charge is 0.265 e. The first-order chi connectivity index (χ1) is 17.6. The van der Waals surface area contributed by atoms with Crippen molar-refractivity contribution in [1.82, 2.24) is 5.32 Å². The number of thioether (sulfide) groups is 1. The van der Waals surface area contributed by atoms with Crippen LogP contribution in [0.1, 0.15) is 60.0 Å². The molecule has 184 valence electrons. The van der Waals surface area contributed by atoms with Crippen LogP contribution in [-0.4, -0.2) is 17.9 Å². The molecule has 4 nitrogen and oxygen atoms in total. The van der Waals surface area contributed by atoms with E-state index in [1.54, 1.807) is 17.0 Å². The van der Waals surface area contributed by atoms with Crippen LogP contribution in [0.5, 0.6) is 0 Å². The first-order valence-corrected chi connectivity index (χ1v) is 13.3. The molecule has 1 N–H and O–H groups in total. The van der Waals surface area contributed by atoms with E-state index in [0.717, 1.165) is 41.7 Å². The Kier molecular flexibility index (Phi) is 7.52. The summed E-state index contributed by atoms with van der Waals surface area (Å²) in [7, 11) is 0. The van der Waals surface area contributed by atoms with Gasteiger partial charge in [-0.3, -0.25) is 9.59 Å². The van der Waals surface area contributed by atoms with Gasteiger partial charge in [0.25, 0.3) is 11.8 Å². The van der Waals surface area contributed by atoms with E-state index in [1.165, 1.54) is 36.7 Å². The Morgan fingerprint density at radius 1 is 0.972 bits per heavy atom. The Balaban J connectivity index is 1.47. The molecule has 1 fully saturated rings. The molecule has 0 radical (unpaired) electrons. The number of nitrogens with zero attached hydrogens (tertiary/aromatic N) is 1. The summed E-state index contributed by atoms with van der Waals surface area (Å²) in [6.45, 7) is 0.284. The van der Waals surface area contributed by atoms with E-state index in [-0.39, 0.29) is 30.2 Å². The monoisotopic (exact) mass is 500 g/mol. The first kappa shape index (κ1) is 24.3. The van der Waals surface area contributed by atoms with E-state index in [2.05, 4.69) is 5.32 Å². The van der Waals surface area contributed by atoms with Crippen LogP contribution < -0.4 is 10.2 Å². The van der Waals surface area contributed by atoms with Crippen LogP contribution in [0, 0.1) is 5.82 Å². The Bertz CT molecular complexity index is 1270. The number of amides is 2. The zero-order chi connectivity index (χ0) is 24.9. The number of carbonyl (C=O) groups is 2. The van der Waals surface area contributed by atoms with Gasteiger partial charge in [0.1, 0.15) is 5.82 Å². The molecule has 0 unspecified atom stereocenters. The predicted molar refractivity (Wildman–Crippen MR) is 143 cm³/mol. The zero-order valence-electron chi connectivity index (χ0n) is 20.1. The number of fused-ring (bicyclic) bond motifs is 1.